The van der Waals surface area contributed by atoms with Crippen LogP contribution in [0.3, 0.4) is 0 Å². The van der Waals surface area contributed by atoms with Gasteiger partial charge in [0.2, 0.25) is 0 Å². The summed E-state index contributed by atoms with van der Waals surface area (Å²) in [5.41, 5.74) is 6.34. The van der Waals surface area contributed by atoms with Crippen LogP contribution in [0, 0.1) is 5.82 Å². The Bertz CT molecular complexity index is 278. The van der Waals surface area contributed by atoms with Crippen molar-refractivity contribution in [2.24, 2.45) is 5.73 Å². The zero-order valence-corrected chi connectivity index (χ0v) is 8.40. The zero-order chi connectivity index (χ0) is 9.14. The average Bonchev–Trinajstić information content (AvgIpc) is 2.04. The molecule has 0 bridgehead atoms. The number of methoxy groups -OCH3 is 1. The molecule has 0 aliphatic heterocycles. The Balaban J connectivity index is 0.00000144. The highest BCUT2D eigenvalue weighted by atomic mass is 35.5. The van der Waals surface area contributed by atoms with Gasteiger partial charge in [0.25, 0.3) is 0 Å². The van der Waals surface area contributed by atoms with E-state index in [4.69, 9.17) is 10.5 Å². The van der Waals surface area contributed by atoms with Crippen molar-refractivity contribution in [1.29, 1.82) is 0 Å². The van der Waals surface area contributed by atoms with Gasteiger partial charge in [-0.05, 0) is 24.6 Å². The molecular formula is C9H13ClFNO. The normalized spacial score (nSPS) is 11.7. The van der Waals surface area contributed by atoms with E-state index < -0.39 is 0 Å². The highest BCUT2D eigenvalue weighted by molar-refractivity contribution is 5.85. The highest BCUT2D eigenvalue weighted by Gasteiger charge is 2.05. The first-order valence-corrected chi connectivity index (χ1v) is 3.74. The van der Waals surface area contributed by atoms with Crippen molar-refractivity contribution in [2.45, 2.75) is 13.0 Å². The average molecular weight is 206 g/mol. The van der Waals surface area contributed by atoms with Crippen LogP contribution < -0.4 is 10.5 Å². The lowest BCUT2D eigenvalue weighted by Crippen LogP contribution is -2.05. The van der Waals surface area contributed by atoms with Crippen molar-refractivity contribution in [3.05, 3.63) is 29.6 Å². The first-order chi connectivity index (χ1) is 5.65. The SMILES string of the molecule is COc1ccc([C@@H](C)N)cc1F.Cl. The maximum absolute atomic E-state index is 13.0. The van der Waals surface area contributed by atoms with E-state index in [1.54, 1.807) is 19.1 Å². The minimum atomic E-state index is -0.368. The Morgan fingerprint density at radius 2 is 2.08 bits per heavy atom. The predicted octanol–water partition coefficient (Wildman–Crippen LogP) is 2.28. The van der Waals surface area contributed by atoms with Crippen LogP contribution in [0.4, 0.5) is 4.39 Å². The van der Waals surface area contributed by atoms with Gasteiger partial charge in [0.1, 0.15) is 0 Å². The van der Waals surface area contributed by atoms with Crippen LogP contribution in [0.1, 0.15) is 18.5 Å². The summed E-state index contributed by atoms with van der Waals surface area (Å²) in [5.74, 6) is -0.119. The van der Waals surface area contributed by atoms with E-state index in [9.17, 15) is 4.39 Å². The van der Waals surface area contributed by atoms with Gasteiger partial charge in [0.15, 0.2) is 11.6 Å². The van der Waals surface area contributed by atoms with Crippen LogP contribution in [0.5, 0.6) is 5.75 Å². The molecule has 1 aromatic rings. The highest BCUT2D eigenvalue weighted by Crippen LogP contribution is 2.20. The van der Waals surface area contributed by atoms with Crippen LogP contribution in [0.15, 0.2) is 18.2 Å². The molecule has 0 fully saturated rings. The monoisotopic (exact) mass is 205 g/mol. The lowest BCUT2D eigenvalue weighted by Gasteiger charge is -2.07. The molecule has 0 saturated carbocycles. The fraction of sp³-hybridized carbons (Fsp3) is 0.333. The van der Waals surface area contributed by atoms with E-state index in [0.29, 0.717) is 0 Å². The number of hydrogen-bond donors (Lipinski definition) is 1. The topological polar surface area (TPSA) is 35.2 Å². The number of halogens is 2. The van der Waals surface area contributed by atoms with Crippen LogP contribution in [0.25, 0.3) is 0 Å². The van der Waals surface area contributed by atoms with Crippen molar-refractivity contribution in [3.63, 3.8) is 0 Å². The Morgan fingerprint density at radius 3 is 2.46 bits per heavy atom. The van der Waals surface area contributed by atoms with E-state index >= 15 is 0 Å². The van der Waals surface area contributed by atoms with E-state index in [0.717, 1.165) is 5.56 Å². The molecule has 1 aromatic carbocycles. The molecule has 74 valence electrons. The van der Waals surface area contributed by atoms with Crippen molar-refractivity contribution in [3.8, 4) is 5.75 Å². The van der Waals surface area contributed by atoms with E-state index in [1.165, 1.54) is 13.2 Å². The van der Waals surface area contributed by atoms with Gasteiger partial charge in [-0.15, -0.1) is 12.4 Å². The van der Waals surface area contributed by atoms with Gasteiger partial charge in [-0.2, -0.15) is 0 Å². The first-order valence-electron chi connectivity index (χ1n) is 3.74. The maximum atomic E-state index is 13.0. The second-order valence-electron chi connectivity index (χ2n) is 2.68. The third kappa shape index (κ3) is 2.86. The molecule has 0 saturated heterocycles. The summed E-state index contributed by atoms with van der Waals surface area (Å²) >= 11 is 0. The van der Waals surface area contributed by atoms with E-state index in [1.807, 2.05) is 0 Å². The van der Waals surface area contributed by atoms with Crippen LogP contribution >= 0.6 is 12.4 Å². The third-order valence-corrected chi connectivity index (χ3v) is 1.70. The first kappa shape index (κ1) is 12.2. The lowest BCUT2D eigenvalue weighted by atomic mass is 10.1. The minimum absolute atomic E-state index is 0. The molecular weight excluding hydrogens is 193 g/mol. The van der Waals surface area contributed by atoms with Crippen LogP contribution in [-0.4, -0.2) is 7.11 Å². The zero-order valence-electron chi connectivity index (χ0n) is 7.58. The van der Waals surface area contributed by atoms with Crippen molar-refractivity contribution in [1.82, 2.24) is 0 Å². The molecule has 0 radical (unpaired) electrons. The van der Waals surface area contributed by atoms with E-state index in [-0.39, 0.29) is 30.0 Å². The molecule has 0 aromatic heterocycles. The molecule has 1 rings (SSSR count). The minimum Gasteiger partial charge on any atom is -0.494 e. The van der Waals surface area contributed by atoms with Gasteiger partial charge >= 0.3 is 0 Å². The standard InChI is InChI=1S/C9H12FNO.ClH/c1-6(11)7-3-4-9(12-2)8(10)5-7;/h3-6H,11H2,1-2H3;1H/t6-;/m1./s1. The second kappa shape index (κ2) is 5.04. The molecule has 2 nitrogen and oxygen atoms in total. The van der Waals surface area contributed by atoms with Crippen molar-refractivity contribution in [2.75, 3.05) is 7.11 Å². The number of benzene rings is 1. The number of hydrogen-bond acceptors (Lipinski definition) is 2. The molecule has 0 unspecified atom stereocenters. The smallest absolute Gasteiger partial charge is 0.165 e. The summed E-state index contributed by atoms with van der Waals surface area (Å²) in [6.07, 6.45) is 0. The summed E-state index contributed by atoms with van der Waals surface area (Å²) in [7, 11) is 1.43. The quantitative estimate of drug-likeness (QED) is 0.804. The van der Waals surface area contributed by atoms with Gasteiger partial charge in [-0.3, -0.25) is 0 Å². The lowest BCUT2D eigenvalue weighted by molar-refractivity contribution is 0.386. The van der Waals surface area contributed by atoms with Gasteiger partial charge < -0.3 is 10.5 Å². The van der Waals surface area contributed by atoms with Gasteiger partial charge in [0.05, 0.1) is 7.11 Å². The molecule has 0 aliphatic rings. The Hall–Kier alpha value is -0.800. The summed E-state index contributed by atoms with van der Waals surface area (Å²) < 4.78 is 17.8. The number of ether oxygens (including phenoxy) is 1. The largest absolute Gasteiger partial charge is 0.494 e. The molecule has 0 aliphatic carbocycles. The Labute approximate surface area is 83.3 Å². The van der Waals surface area contributed by atoms with Gasteiger partial charge in [0, 0.05) is 6.04 Å². The molecule has 1 atom stereocenters. The fourth-order valence-corrected chi connectivity index (χ4v) is 0.966. The fourth-order valence-electron chi connectivity index (χ4n) is 0.966. The third-order valence-electron chi connectivity index (χ3n) is 1.70. The summed E-state index contributed by atoms with van der Waals surface area (Å²) in [6.45, 7) is 1.81. The van der Waals surface area contributed by atoms with Gasteiger partial charge in [-0.1, -0.05) is 6.07 Å². The van der Waals surface area contributed by atoms with Crippen molar-refractivity contribution < 1.29 is 9.13 Å². The van der Waals surface area contributed by atoms with Crippen molar-refractivity contribution >= 4 is 12.4 Å². The molecule has 4 heteroatoms. The summed E-state index contributed by atoms with van der Waals surface area (Å²) in [5, 5.41) is 0. The Kier molecular flexibility index (Phi) is 4.73. The van der Waals surface area contributed by atoms with E-state index in [2.05, 4.69) is 0 Å². The Morgan fingerprint density at radius 1 is 1.46 bits per heavy atom. The van der Waals surface area contributed by atoms with Crippen LogP contribution in [-0.2, 0) is 0 Å². The molecule has 13 heavy (non-hydrogen) atoms. The maximum Gasteiger partial charge on any atom is 0.165 e. The number of nitrogens with two attached hydrogens (primary N) is 1. The molecule has 0 heterocycles. The molecule has 2 N–H and O–H groups in total. The molecule has 0 spiro atoms. The molecule has 0 amide bonds. The number of rotatable bonds is 2. The summed E-state index contributed by atoms with van der Waals surface area (Å²) in [4.78, 5) is 0. The van der Waals surface area contributed by atoms with Crippen LogP contribution in [0.2, 0.25) is 0 Å². The predicted molar refractivity (Wildman–Crippen MR) is 52.8 cm³/mol. The van der Waals surface area contributed by atoms with Gasteiger partial charge in [-0.25, -0.2) is 4.39 Å². The second-order valence-corrected chi connectivity index (χ2v) is 2.68. The summed E-state index contributed by atoms with van der Waals surface area (Å²) in [6, 6.07) is 4.58.